The molecule has 1 amide bonds. The largest absolute Gasteiger partial charge is 0.480 e. The highest BCUT2D eigenvalue weighted by Gasteiger charge is 2.48. The van der Waals surface area contributed by atoms with Crippen LogP contribution in [-0.4, -0.2) is 81.8 Å². The van der Waals surface area contributed by atoms with Gasteiger partial charge in [-0.15, -0.1) is 0 Å². The second-order valence-electron chi connectivity index (χ2n) is 12.3. The van der Waals surface area contributed by atoms with Crippen molar-refractivity contribution in [2.24, 2.45) is 5.92 Å². The fourth-order valence-corrected chi connectivity index (χ4v) is 6.91. The van der Waals surface area contributed by atoms with Crippen LogP contribution in [0.15, 0.2) is 40.9 Å². The summed E-state index contributed by atoms with van der Waals surface area (Å²) < 4.78 is 65.9. The van der Waals surface area contributed by atoms with E-state index in [-0.39, 0.29) is 91.2 Å². The van der Waals surface area contributed by atoms with E-state index in [1.807, 2.05) is 0 Å². The standard InChI is InChI=1S/C32H31ClF3N5O6/c1-17-14-40-9-8-31(17,34)21-11-18(33)13-37-28(21)46-19-12-22(29(43)44)41(15-19)27-26-25(20-5-2-3-6-23(20)47-26)38-30(39-27)32(35,36)16-45-10-4-7-24(40)42/h2-3,5-6,11,13,17,19,22H,4,7-10,12,14-16H2,1H3,(H,43,44)/t17-,19-,22-,31+/m0/s1. The number of carbonyl (C=O) groups is 2. The Bertz CT molecular complexity index is 1880. The third kappa shape index (κ3) is 5.60. The molecule has 8 rings (SSSR count). The van der Waals surface area contributed by atoms with Crippen LogP contribution < -0.4 is 9.64 Å². The minimum absolute atomic E-state index is 0.0332. The number of anilines is 1. The highest BCUT2D eigenvalue weighted by molar-refractivity contribution is 6.30. The van der Waals surface area contributed by atoms with Gasteiger partial charge in [0.15, 0.2) is 11.4 Å². The molecule has 6 bridgehead atoms. The summed E-state index contributed by atoms with van der Waals surface area (Å²) in [5.74, 6) is -6.90. The van der Waals surface area contributed by atoms with Gasteiger partial charge in [-0.3, -0.25) is 4.79 Å². The van der Waals surface area contributed by atoms with Crippen LogP contribution in [0.25, 0.3) is 22.1 Å². The SMILES string of the molecule is C[C@H]1CN2CC[C@]1(F)c1cc(Cl)cnc1O[C@H]1C[C@@H](C(=O)O)N(C1)c1nc(nc3c1oc1ccccc13)C(F)(F)COCCCC2=O. The van der Waals surface area contributed by atoms with Crippen molar-refractivity contribution in [3.63, 3.8) is 0 Å². The number of furan rings is 1. The summed E-state index contributed by atoms with van der Waals surface area (Å²) in [5, 5.41) is 10.9. The number of aromatic nitrogens is 3. The Hall–Kier alpha value is -4.17. The first-order chi connectivity index (χ1) is 22.4. The summed E-state index contributed by atoms with van der Waals surface area (Å²) in [5.41, 5.74) is -1.38. The van der Waals surface area contributed by atoms with Gasteiger partial charge in [0.1, 0.15) is 35.5 Å². The van der Waals surface area contributed by atoms with Crippen LogP contribution in [0.4, 0.5) is 19.0 Å². The molecule has 4 aliphatic heterocycles. The first kappa shape index (κ1) is 31.4. The predicted molar refractivity (Wildman–Crippen MR) is 163 cm³/mol. The van der Waals surface area contributed by atoms with Crippen molar-refractivity contribution in [1.82, 2.24) is 19.9 Å². The molecule has 0 aliphatic carbocycles. The number of halogens is 4. The summed E-state index contributed by atoms with van der Waals surface area (Å²) >= 11 is 6.28. The van der Waals surface area contributed by atoms with E-state index >= 15 is 13.2 Å². The molecule has 3 aromatic heterocycles. The molecule has 0 saturated carbocycles. The van der Waals surface area contributed by atoms with Crippen LogP contribution in [0.3, 0.4) is 0 Å². The zero-order chi connectivity index (χ0) is 33.1. The quantitative estimate of drug-likeness (QED) is 0.278. The highest BCUT2D eigenvalue weighted by Crippen LogP contribution is 2.46. The van der Waals surface area contributed by atoms with Crippen molar-refractivity contribution in [1.29, 1.82) is 0 Å². The zero-order valence-corrected chi connectivity index (χ0v) is 26.1. The number of para-hydroxylation sites is 1. The monoisotopic (exact) mass is 673 g/mol. The van der Waals surface area contributed by atoms with Crippen LogP contribution in [-0.2, 0) is 25.9 Å². The molecular weight excluding hydrogens is 643 g/mol. The summed E-state index contributed by atoms with van der Waals surface area (Å²) in [4.78, 5) is 41.1. The second-order valence-corrected chi connectivity index (χ2v) is 12.8. The number of alkyl halides is 3. The second kappa shape index (κ2) is 11.8. The number of carboxylic acids is 1. The summed E-state index contributed by atoms with van der Waals surface area (Å²) in [6.45, 7) is 0.588. The maximum Gasteiger partial charge on any atom is 0.329 e. The molecule has 4 atom stereocenters. The lowest BCUT2D eigenvalue weighted by molar-refractivity contribution is -0.139. The van der Waals surface area contributed by atoms with Gasteiger partial charge in [0.2, 0.25) is 17.6 Å². The molecule has 7 heterocycles. The lowest BCUT2D eigenvalue weighted by Crippen LogP contribution is -2.49. The molecule has 1 aromatic carbocycles. The first-order valence-electron chi connectivity index (χ1n) is 15.4. The molecule has 1 N–H and O–H groups in total. The predicted octanol–water partition coefficient (Wildman–Crippen LogP) is 5.47. The molecule has 47 heavy (non-hydrogen) atoms. The Labute approximate surface area is 271 Å². The Morgan fingerprint density at radius 1 is 1.17 bits per heavy atom. The minimum atomic E-state index is -3.67. The third-order valence-corrected chi connectivity index (χ3v) is 9.44. The Kier molecular flexibility index (Phi) is 7.90. The number of aliphatic carboxylic acids is 1. The van der Waals surface area contributed by atoms with Gasteiger partial charge in [-0.2, -0.15) is 8.78 Å². The van der Waals surface area contributed by atoms with Crippen LogP contribution in [0.1, 0.15) is 44.0 Å². The van der Waals surface area contributed by atoms with Gasteiger partial charge < -0.3 is 28.8 Å². The number of benzene rings is 1. The number of ether oxygens (including phenoxy) is 2. The summed E-state index contributed by atoms with van der Waals surface area (Å²) in [6, 6.07) is 6.90. The lowest BCUT2D eigenvalue weighted by atomic mass is 9.78. The molecule has 11 nitrogen and oxygen atoms in total. The number of pyridine rings is 1. The molecule has 0 unspecified atom stereocenters. The van der Waals surface area contributed by atoms with E-state index in [1.54, 1.807) is 36.1 Å². The molecule has 4 aliphatic rings. The van der Waals surface area contributed by atoms with Crippen molar-refractivity contribution >= 4 is 51.4 Å². The Morgan fingerprint density at radius 3 is 2.77 bits per heavy atom. The molecule has 248 valence electrons. The number of hydrogen-bond donors (Lipinski definition) is 1. The van der Waals surface area contributed by atoms with Crippen molar-refractivity contribution in [3.8, 4) is 5.88 Å². The van der Waals surface area contributed by atoms with Crippen LogP contribution in [0.2, 0.25) is 5.02 Å². The van der Waals surface area contributed by atoms with Gasteiger partial charge in [-0.1, -0.05) is 30.7 Å². The smallest absolute Gasteiger partial charge is 0.329 e. The van der Waals surface area contributed by atoms with Crippen molar-refractivity contribution in [2.45, 2.75) is 56.3 Å². The van der Waals surface area contributed by atoms with Gasteiger partial charge in [0, 0.05) is 56.5 Å². The molecule has 15 heteroatoms. The maximum absolute atomic E-state index is 17.0. The topological polar surface area (TPSA) is 131 Å². The number of carboxylic acid groups (broad SMARTS) is 1. The Balaban J connectivity index is 1.35. The van der Waals surface area contributed by atoms with Crippen LogP contribution in [0.5, 0.6) is 5.88 Å². The maximum atomic E-state index is 17.0. The lowest BCUT2D eigenvalue weighted by Gasteiger charge is -2.42. The third-order valence-electron chi connectivity index (χ3n) is 9.23. The van der Waals surface area contributed by atoms with Crippen molar-refractivity contribution < 1.29 is 41.8 Å². The van der Waals surface area contributed by atoms with E-state index in [2.05, 4.69) is 15.0 Å². The molecule has 0 radical (unpaired) electrons. The molecule has 2 saturated heterocycles. The number of carbonyl (C=O) groups excluding carboxylic acids is 1. The normalized spacial score (nSPS) is 26.7. The first-order valence-corrected chi connectivity index (χ1v) is 15.8. The Morgan fingerprint density at radius 2 is 1.98 bits per heavy atom. The average Bonchev–Trinajstić information content (AvgIpc) is 3.64. The zero-order valence-electron chi connectivity index (χ0n) is 25.3. The van der Waals surface area contributed by atoms with Crippen molar-refractivity contribution in [3.05, 3.63) is 52.9 Å². The molecular formula is C32H31ClF3N5O6. The van der Waals surface area contributed by atoms with E-state index in [4.69, 9.17) is 25.5 Å². The van der Waals surface area contributed by atoms with Crippen LogP contribution >= 0.6 is 11.6 Å². The van der Waals surface area contributed by atoms with E-state index < -0.39 is 48.1 Å². The molecule has 0 spiro atoms. The van der Waals surface area contributed by atoms with E-state index in [0.29, 0.717) is 11.0 Å². The fourth-order valence-electron chi connectivity index (χ4n) is 6.75. The van der Waals surface area contributed by atoms with E-state index in [1.165, 1.54) is 17.2 Å². The molecule has 4 aromatic rings. The average molecular weight is 674 g/mol. The fraction of sp³-hybridized carbons (Fsp3) is 0.469. The van der Waals surface area contributed by atoms with Gasteiger partial charge >= 0.3 is 11.9 Å². The number of hydrogen-bond acceptors (Lipinski definition) is 9. The van der Waals surface area contributed by atoms with E-state index in [9.17, 15) is 14.7 Å². The molecule has 2 fully saturated rings. The van der Waals surface area contributed by atoms with Gasteiger partial charge in [0.25, 0.3) is 0 Å². The van der Waals surface area contributed by atoms with Crippen molar-refractivity contribution in [2.75, 3.05) is 37.7 Å². The minimum Gasteiger partial charge on any atom is -0.480 e. The number of amides is 1. The summed E-state index contributed by atoms with van der Waals surface area (Å²) in [6.07, 6.45) is 0.498. The van der Waals surface area contributed by atoms with Gasteiger partial charge in [-0.25, -0.2) is 24.1 Å². The highest BCUT2D eigenvalue weighted by atomic mass is 35.5. The number of rotatable bonds is 1. The number of piperidine rings is 1. The van der Waals surface area contributed by atoms with Gasteiger partial charge in [0.05, 0.1) is 17.1 Å². The van der Waals surface area contributed by atoms with Crippen LogP contribution in [0, 0.1) is 5.92 Å². The van der Waals surface area contributed by atoms with E-state index in [0.717, 1.165) is 0 Å². The van der Waals surface area contributed by atoms with Gasteiger partial charge in [-0.05, 0) is 24.6 Å². The number of nitrogens with zero attached hydrogens (tertiary/aromatic N) is 5. The summed E-state index contributed by atoms with van der Waals surface area (Å²) in [7, 11) is 0. The number of fused-ring (bicyclic) bond motifs is 11.